The van der Waals surface area contributed by atoms with Crippen LogP contribution in [0, 0.1) is 11.6 Å². The first-order valence-electron chi connectivity index (χ1n) is 7.28. The van der Waals surface area contributed by atoms with Crippen LogP contribution < -0.4 is 10.6 Å². The third-order valence-electron chi connectivity index (χ3n) is 3.63. The largest absolute Gasteiger partial charge is 0.378 e. The molecule has 1 aromatic carbocycles. The molecule has 8 heteroatoms. The van der Waals surface area contributed by atoms with E-state index in [4.69, 9.17) is 0 Å². The lowest BCUT2D eigenvalue weighted by molar-refractivity contribution is 0.0871. The van der Waals surface area contributed by atoms with Gasteiger partial charge in [0.25, 0.3) is 0 Å². The number of thiophene rings is 2. The van der Waals surface area contributed by atoms with Crippen molar-refractivity contribution < 1.29 is 18.7 Å². The zero-order chi connectivity index (χ0) is 17.9. The molecule has 1 unspecified atom stereocenters. The number of hydrogen-bond donors (Lipinski definition) is 3. The van der Waals surface area contributed by atoms with E-state index >= 15 is 0 Å². The van der Waals surface area contributed by atoms with Crippen LogP contribution in [-0.4, -0.2) is 17.7 Å². The van der Waals surface area contributed by atoms with E-state index in [1.54, 1.807) is 23.6 Å². The zero-order valence-corrected chi connectivity index (χ0v) is 14.5. The Hall–Kier alpha value is -2.29. The molecule has 2 heterocycles. The topological polar surface area (TPSA) is 61.4 Å². The molecule has 1 atom stereocenters. The standard InChI is InChI=1S/C17H14F2N2O2S2/c18-12-3-1-4-13(19)15(12)21-16(22)20-10-17(23,11-6-8-24-9-11)14-5-2-7-25-14/h1-9,23H,10H2,(H2,20,21,22). The van der Waals surface area contributed by atoms with E-state index < -0.39 is 29.0 Å². The molecule has 2 aromatic heterocycles. The third-order valence-corrected chi connectivity index (χ3v) is 5.34. The first kappa shape index (κ1) is 17.5. The van der Waals surface area contributed by atoms with Crippen LogP contribution in [-0.2, 0) is 5.60 Å². The van der Waals surface area contributed by atoms with Gasteiger partial charge in [0.1, 0.15) is 22.9 Å². The third kappa shape index (κ3) is 3.71. The maximum Gasteiger partial charge on any atom is 0.319 e. The van der Waals surface area contributed by atoms with Crippen molar-refractivity contribution in [1.29, 1.82) is 0 Å². The van der Waals surface area contributed by atoms with Gasteiger partial charge in [-0.05, 0) is 40.4 Å². The lowest BCUT2D eigenvalue weighted by Crippen LogP contribution is -2.42. The number of amides is 2. The summed E-state index contributed by atoms with van der Waals surface area (Å²) in [6.45, 7) is -0.147. The number of halogens is 2. The number of urea groups is 1. The molecule has 0 radical (unpaired) electrons. The average molecular weight is 380 g/mol. The summed E-state index contributed by atoms with van der Waals surface area (Å²) in [6, 6.07) is 7.82. The summed E-state index contributed by atoms with van der Waals surface area (Å²) < 4.78 is 27.2. The minimum Gasteiger partial charge on any atom is -0.378 e. The molecule has 3 aromatic rings. The number of anilines is 1. The van der Waals surface area contributed by atoms with Crippen molar-refractivity contribution in [2.75, 3.05) is 11.9 Å². The van der Waals surface area contributed by atoms with Crippen LogP contribution in [0.4, 0.5) is 19.3 Å². The van der Waals surface area contributed by atoms with E-state index in [0.29, 0.717) is 10.4 Å². The molecule has 0 aliphatic rings. The minimum absolute atomic E-state index is 0.147. The fourth-order valence-electron chi connectivity index (χ4n) is 2.33. The second kappa shape index (κ2) is 7.30. The van der Waals surface area contributed by atoms with Gasteiger partial charge < -0.3 is 15.7 Å². The number of aliphatic hydroxyl groups is 1. The van der Waals surface area contributed by atoms with Crippen molar-refractivity contribution in [3.63, 3.8) is 0 Å². The predicted molar refractivity (Wildman–Crippen MR) is 95.0 cm³/mol. The highest BCUT2D eigenvalue weighted by molar-refractivity contribution is 7.10. The first-order valence-corrected chi connectivity index (χ1v) is 9.11. The molecule has 0 bridgehead atoms. The Balaban J connectivity index is 1.75. The Bertz CT molecular complexity index is 797. The van der Waals surface area contributed by atoms with Gasteiger partial charge in [-0.25, -0.2) is 13.6 Å². The van der Waals surface area contributed by atoms with Crippen molar-refractivity contribution in [3.05, 3.63) is 74.6 Å². The molecule has 0 aliphatic heterocycles. The molecule has 0 fully saturated rings. The number of rotatable bonds is 5. The van der Waals surface area contributed by atoms with Crippen molar-refractivity contribution in [3.8, 4) is 0 Å². The number of hydrogen-bond acceptors (Lipinski definition) is 4. The summed E-state index contributed by atoms with van der Waals surface area (Å²) >= 11 is 2.77. The first-order chi connectivity index (χ1) is 12.0. The van der Waals surface area contributed by atoms with Crippen LogP contribution in [0.2, 0.25) is 0 Å². The molecule has 0 saturated carbocycles. The van der Waals surface area contributed by atoms with Gasteiger partial charge in [0.15, 0.2) is 0 Å². The van der Waals surface area contributed by atoms with Gasteiger partial charge in [-0.2, -0.15) is 11.3 Å². The lowest BCUT2D eigenvalue weighted by Gasteiger charge is -2.27. The highest BCUT2D eigenvalue weighted by atomic mass is 32.1. The summed E-state index contributed by atoms with van der Waals surface area (Å²) in [5.74, 6) is -1.75. The van der Waals surface area contributed by atoms with Crippen LogP contribution in [0.5, 0.6) is 0 Å². The summed E-state index contributed by atoms with van der Waals surface area (Å²) in [6.07, 6.45) is 0. The van der Waals surface area contributed by atoms with Gasteiger partial charge in [-0.3, -0.25) is 0 Å². The van der Waals surface area contributed by atoms with Crippen molar-refractivity contribution in [1.82, 2.24) is 5.32 Å². The molecule has 130 valence electrons. The van der Waals surface area contributed by atoms with E-state index in [2.05, 4.69) is 10.6 Å². The van der Waals surface area contributed by atoms with Crippen molar-refractivity contribution >= 4 is 34.4 Å². The quantitative estimate of drug-likeness (QED) is 0.623. The monoisotopic (exact) mass is 380 g/mol. The molecule has 4 nitrogen and oxygen atoms in total. The van der Waals surface area contributed by atoms with Gasteiger partial charge in [-0.15, -0.1) is 11.3 Å². The molecule has 2 amide bonds. The Morgan fingerprint density at radius 2 is 1.88 bits per heavy atom. The molecule has 3 rings (SSSR count). The van der Waals surface area contributed by atoms with Gasteiger partial charge in [0.2, 0.25) is 0 Å². The van der Waals surface area contributed by atoms with Gasteiger partial charge in [-0.1, -0.05) is 12.1 Å². The van der Waals surface area contributed by atoms with Crippen molar-refractivity contribution in [2.45, 2.75) is 5.60 Å². The summed E-state index contributed by atoms with van der Waals surface area (Å²) in [5.41, 5.74) is -1.31. The number of nitrogens with one attached hydrogen (secondary N) is 2. The van der Waals surface area contributed by atoms with Gasteiger partial charge >= 0.3 is 6.03 Å². The number of benzene rings is 1. The molecular formula is C17H14F2N2O2S2. The molecule has 0 aliphatic carbocycles. The SMILES string of the molecule is O=C(NCC(O)(c1ccsc1)c1cccs1)Nc1c(F)cccc1F. The highest BCUT2D eigenvalue weighted by Crippen LogP contribution is 2.33. The maximum atomic E-state index is 13.6. The molecule has 25 heavy (non-hydrogen) atoms. The fraction of sp³-hybridized carbons (Fsp3) is 0.118. The van der Waals surface area contributed by atoms with Crippen molar-refractivity contribution in [2.24, 2.45) is 0 Å². The van der Waals surface area contributed by atoms with Crippen LogP contribution in [0.15, 0.2) is 52.5 Å². The van der Waals surface area contributed by atoms with Crippen LogP contribution in [0.25, 0.3) is 0 Å². The second-order valence-electron chi connectivity index (χ2n) is 5.25. The fourth-order valence-corrected chi connectivity index (χ4v) is 3.90. The second-order valence-corrected chi connectivity index (χ2v) is 6.98. The van der Waals surface area contributed by atoms with E-state index in [0.717, 1.165) is 12.1 Å². The zero-order valence-electron chi connectivity index (χ0n) is 12.8. The minimum atomic E-state index is -1.42. The normalized spacial score (nSPS) is 13.2. The predicted octanol–water partition coefficient (Wildman–Crippen LogP) is 4.15. The van der Waals surface area contributed by atoms with Crippen LogP contribution in [0.1, 0.15) is 10.4 Å². The molecule has 3 N–H and O–H groups in total. The Morgan fingerprint density at radius 3 is 2.48 bits per heavy atom. The number of carbonyl (C=O) groups is 1. The average Bonchev–Trinajstić information content (AvgIpc) is 3.30. The summed E-state index contributed by atoms with van der Waals surface area (Å²) in [7, 11) is 0. The molecular weight excluding hydrogens is 366 g/mol. The van der Waals surface area contributed by atoms with E-state index in [1.165, 1.54) is 28.7 Å². The Morgan fingerprint density at radius 1 is 1.12 bits per heavy atom. The van der Waals surface area contributed by atoms with Crippen LogP contribution in [0.3, 0.4) is 0 Å². The summed E-state index contributed by atoms with van der Waals surface area (Å²) in [5, 5.41) is 21.1. The van der Waals surface area contributed by atoms with Crippen LogP contribution >= 0.6 is 22.7 Å². The van der Waals surface area contributed by atoms with E-state index in [-0.39, 0.29) is 6.54 Å². The number of para-hydroxylation sites is 1. The smallest absolute Gasteiger partial charge is 0.319 e. The Labute approximate surface area is 150 Å². The highest BCUT2D eigenvalue weighted by Gasteiger charge is 2.33. The maximum absolute atomic E-state index is 13.6. The van der Waals surface area contributed by atoms with E-state index in [1.807, 2.05) is 10.8 Å². The Kier molecular flexibility index (Phi) is 5.12. The molecule has 0 saturated heterocycles. The summed E-state index contributed by atoms with van der Waals surface area (Å²) in [4.78, 5) is 12.7. The number of carbonyl (C=O) groups excluding carboxylic acids is 1. The van der Waals surface area contributed by atoms with Gasteiger partial charge in [0, 0.05) is 10.4 Å². The van der Waals surface area contributed by atoms with E-state index in [9.17, 15) is 18.7 Å². The molecule has 0 spiro atoms. The van der Waals surface area contributed by atoms with Gasteiger partial charge in [0.05, 0.1) is 6.54 Å². The lowest BCUT2D eigenvalue weighted by atomic mass is 9.94.